The zero-order valence-electron chi connectivity index (χ0n) is 11.4. The second-order valence-electron chi connectivity index (χ2n) is 4.81. The molecule has 0 bridgehead atoms. The van der Waals surface area contributed by atoms with Crippen LogP contribution >= 0.6 is 0 Å². The van der Waals surface area contributed by atoms with E-state index in [1.807, 2.05) is 20.8 Å². The second-order valence-corrected chi connectivity index (χ2v) is 4.81. The van der Waals surface area contributed by atoms with Crippen LogP contribution in [0.1, 0.15) is 53.9 Å². The first-order valence-corrected chi connectivity index (χ1v) is 6.43. The van der Waals surface area contributed by atoms with Crippen LogP contribution in [0.2, 0.25) is 0 Å². The number of hydrogen-bond acceptors (Lipinski definition) is 3. The summed E-state index contributed by atoms with van der Waals surface area (Å²) >= 11 is 0. The lowest BCUT2D eigenvalue weighted by atomic mass is 10.1. The second kappa shape index (κ2) is 8.57. The SMILES string of the molecule is CCCC(CC)NC(C)C(=O)OCC(C)C. The summed E-state index contributed by atoms with van der Waals surface area (Å²) in [6, 6.07) is 0.224. The van der Waals surface area contributed by atoms with Crippen LogP contribution in [0.4, 0.5) is 0 Å². The zero-order chi connectivity index (χ0) is 12.6. The molecule has 0 aliphatic rings. The standard InChI is InChI=1S/C13H27NO2/c1-6-8-12(7-2)14-11(5)13(15)16-9-10(3)4/h10-12,14H,6-9H2,1-5H3. The third-order valence-electron chi connectivity index (χ3n) is 2.53. The van der Waals surface area contributed by atoms with Crippen LogP contribution in [0.25, 0.3) is 0 Å². The van der Waals surface area contributed by atoms with E-state index >= 15 is 0 Å². The molecule has 0 aliphatic heterocycles. The van der Waals surface area contributed by atoms with Gasteiger partial charge in [0.2, 0.25) is 0 Å². The maximum atomic E-state index is 11.6. The Bertz CT molecular complexity index is 192. The Morgan fingerprint density at radius 2 is 1.88 bits per heavy atom. The Labute approximate surface area is 99.9 Å². The van der Waals surface area contributed by atoms with Crippen LogP contribution in [0, 0.1) is 5.92 Å². The molecule has 0 saturated carbocycles. The molecule has 0 aromatic carbocycles. The van der Waals surface area contributed by atoms with Crippen LogP contribution in [0.3, 0.4) is 0 Å². The van der Waals surface area contributed by atoms with E-state index in [2.05, 4.69) is 19.2 Å². The number of hydrogen-bond donors (Lipinski definition) is 1. The minimum absolute atomic E-state index is 0.136. The summed E-state index contributed by atoms with van der Waals surface area (Å²) in [6.45, 7) is 10.8. The fraction of sp³-hybridized carbons (Fsp3) is 0.923. The maximum absolute atomic E-state index is 11.6. The molecular formula is C13H27NO2. The molecular weight excluding hydrogens is 202 g/mol. The molecule has 2 unspecified atom stereocenters. The minimum Gasteiger partial charge on any atom is -0.464 e. The molecule has 0 spiro atoms. The van der Waals surface area contributed by atoms with E-state index in [1.165, 1.54) is 0 Å². The summed E-state index contributed by atoms with van der Waals surface area (Å²) < 4.78 is 5.19. The molecule has 2 atom stereocenters. The fourth-order valence-electron chi connectivity index (χ4n) is 1.55. The summed E-state index contributed by atoms with van der Waals surface area (Å²) in [6.07, 6.45) is 3.30. The highest BCUT2D eigenvalue weighted by Crippen LogP contribution is 2.03. The molecule has 0 aromatic rings. The molecule has 96 valence electrons. The Balaban J connectivity index is 3.92. The van der Waals surface area contributed by atoms with Gasteiger partial charge in [0.25, 0.3) is 0 Å². The third kappa shape index (κ3) is 6.83. The van der Waals surface area contributed by atoms with E-state index in [0.29, 0.717) is 18.6 Å². The van der Waals surface area contributed by atoms with Gasteiger partial charge in [0.1, 0.15) is 6.04 Å². The molecule has 3 heteroatoms. The summed E-state index contributed by atoms with van der Waals surface area (Å²) in [5, 5.41) is 3.32. The van der Waals surface area contributed by atoms with E-state index in [0.717, 1.165) is 19.3 Å². The van der Waals surface area contributed by atoms with E-state index in [1.54, 1.807) is 0 Å². The zero-order valence-corrected chi connectivity index (χ0v) is 11.4. The molecule has 0 heterocycles. The first kappa shape index (κ1) is 15.4. The predicted octanol–water partition coefficient (Wildman–Crippen LogP) is 2.74. The van der Waals surface area contributed by atoms with Gasteiger partial charge in [-0.05, 0) is 25.7 Å². The molecule has 0 rings (SSSR count). The van der Waals surface area contributed by atoms with E-state index < -0.39 is 0 Å². The highest BCUT2D eigenvalue weighted by Gasteiger charge is 2.17. The Morgan fingerprint density at radius 3 is 2.31 bits per heavy atom. The number of nitrogens with one attached hydrogen (secondary N) is 1. The quantitative estimate of drug-likeness (QED) is 0.650. The van der Waals surface area contributed by atoms with Gasteiger partial charge < -0.3 is 10.1 Å². The Morgan fingerprint density at radius 1 is 1.25 bits per heavy atom. The summed E-state index contributed by atoms with van der Waals surface area (Å²) in [7, 11) is 0. The van der Waals surface area contributed by atoms with Gasteiger partial charge in [-0.3, -0.25) is 4.79 Å². The lowest BCUT2D eigenvalue weighted by Crippen LogP contribution is -2.42. The number of ether oxygens (including phenoxy) is 1. The number of carbonyl (C=O) groups is 1. The van der Waals surface area contributed by atoms with Gasteiger partial charge in [0.05, 0.1) is 6.61 Å². The topological polar surface area (TPSA) is 38.3 Å². The van der Waals surface area contributed by atoms with E-state index in [-0.39, 0.29) is 12.0 Å². The van der Waals surface area contributed by atoms with Crippen molar-refractivity contribution in [2.75, 3.05) is 6.61 Å². The van der Waals surface area contributed by atoms with Gasteiger partial charge in [0.15, 0.2) is 0 Å². The van der Waals surface area contributed by atoms with Crippen LogP contribution in [0.5, 0.6) is 0 Å². The largest absolute Gasteiger partial charge is 0.464 e. The molecule has 16 heavy (non-hydrogen) atoms. The van der Waals surface area contributed by atoms with Gasteiger partial charge in [-0.2, -0.15) is 0 Å². The number of carbonyl (C=O) groups excluding carboxylic acids is 1. The highest BCUT2D eigenvalue weighted by atomic mass is 16.5. The summed E-state index contributed by atoms with van der Waals surface area (Å²) in [5.41, 5.74) is 0. The van der Waals surface area contributed by atoms with Crippen molar-refractivity contribution >= 4 is 5.97 Å². The van der Waals surface area contributed by atoms with Gasteiger partial charge in [-0.1, -0.05) is 34.1 Å². The van der Waals surface area contributed by atoms with Gasteiger partial charge in [0, 0.05) is 6.04 Å². The van der Waals surface area contributed by atoms with E-state index in [9.17, 15) is 4.79 Å². The van der Waals surface area contributed by atoms with Crippen LogP contribution < -0.4 is 5.32 Å². The number of esters is 1. The van der Waals surface area contributed by atoms with Crippen LogP contribution in [0.15, 0.2) is 0 Å². The molecule has 0 radical (unpaired) electrons. The van der Waals surface area contributed by atoms with Crippen molar-refractivity contribution in [3.8, 4) is 0 Å². The lowest BCUT2D eigenvalue weighted by Gasteiger charge is -2.21. The molecule has 0 aliphatic carbocycles. The third-order valence-corrected chi connectivity index (χ3v) is 2.53. The average Bonchev–Trinajstić information content (AvgIpc) is 2.24. The highest BCUT2D eigenvalue weighted by molar-refractivity contribution is 5.75. The first-order chi connectivity index (χ1) is 7.51. The van der Waals surface area contributed by atoms with Crippen molar-refractivity contribution < 1.29 is 9.53 Å². The van der Waals surface area contributed by atoms with Crippen LogP contribution in [-0.2, 0) is 9.53 Å². The minimum atomic E-state index is -0.199. The lowest BCUT2D eigenvalue weighted by molar-refractivity contribution is -0.147. The smallest absolute Gasteiger partial charge is 0.322 e. The van der Waals surface area contributed by atoms with Crippen molar-refractivity contribution in [3.05, 3.63) is 0 Å². The molecule has 0 amide bonds. The summed E-state index contributed by atoms with van der Waals surface area (Å²) in [5.74, 6) is 0.261. The fourth-order valence-corrected chi connectivity index (χ4v) is 1.55. The predicted molar refractivity (Wildman–Crippen MR) is 67.4 cm³/mol. The molecule has 1 N–H and O–H groups in total. The van der Waals surface area contributed by atoms with Crippen molar-refractivity contribution in [1.29, 1.82) is 0 Å². The average molecular weight is 229 g/mol. The number of rotatable bonds is 8. The normalized spacial score (nSPS) is 14.9. The molecule has 0 fully saturated rings. The molecule has 0 saturated heterocycles. The van der Waals surface area contributed by atoms with Gasteiger partial charge in [-0.25, -0.2) is 0 Å². The maximum Gasteiger partial charge on any atom is 0.322 e. The van der Waals surface area contributed by atoms with E-state index in [4.69, 9.17) is 4.74 Å². The van der Waals surface area contributed by atoms with Crippen molar-refractivity contribution in [1.82, 2.24) is 5.32 Å². The monoisotopic (exact) mass is 229 g/mol. The Hall–Kier alpha value is -0.570. The molecule has 3 nitrogen and oxygen atoms in total. The first-order valence-electron chi connectivity index (χ1n) is 6.43. The van der Waals surface area contributed by atoms with Crippen LogP contribution in [-0.4, -0.2) is 24.7 Å². The molecule has 0 aromatic heterocycles. The van der Waals surface area contributed by atoms with Gasteiger partial charge >= 0.3 is 5.97 Å². The van der Waals surface area contributed by atoms with Crippen molar-refractivity contribution in [2.45, 2.75) is 66.0 Å². The Kier molecular flexibility index (Phi) is 8.26. The van der Waals surface area contributed by atoms with Crippen molar-refractivity contribution in [2.24, 2.45) is 5.92 Å². The summed E-state index contributed by atoms with van der Waals surface area (Å²) in [4.78, 5) is 11.6. The van der Waals surface area contributed by atoms with Gasteiger partial charge in [-0.15, -0.1) is 0 Å². The van der Waals surface area contributed by atoms with Crippen molar-refractivity contribution in [3.63, 3.8) is 0 Å².